The number of benzene rings is 1. The molecule has 2 atom stereocenters. The molecule has 7 heteroatoms. The van der Waals surface area contributed by atoms with Gasteiger partial charge in [0.1, 0.15) is 5.82 Å². The van der Waals surface area contributed by atoms with Gasteiger partial charge in [-0.25, -0.2) is 14.8 Å². The molecule has 0 spiro atoms. The number of rotatable bonds is 6. The summed E-state index contributed by atoms with van der Waals surface area (Å²) in [6, 6.07) is 7.28. The van der Waals surface area contributed by atoms with Crippen LogP contribution in [0.25, 0.3) is 10.9 Å². The quantitative estimate of drug-likeness (QED) is 0.847. The zero-order chi connectivity index (χ0) is 15.4. The van der Waals surface area contributed by atoms with Crippen molar-refractivity contribution in [3.63, 3.8) is 0 Å². The van der Waals surface area contributed by atoms with E-state index in [1.807, 2.05) is 19.1 Å². The molecule has 1 aromatic carbocycles. The van der Waals surface area contributed by atoms with Crippen LogP contribution in [-0.4, -0.2) is 43.3 Å². The van der Waals surface area contributed by atoms with Crippen molar-refractivity contribution in [2.24, 2.45) is 0 Å². The van der Waals surface area contributed by atoms with Crippen molar-refractivity contribution < 1.29 is 14.1 Å². The number of aromatic carboxylic acids is 1. The maximum Gasteiger partial charge on any atom is 0.374 e. The van der Waals surface area contributed by atoms with E-state index >= 15 is 0 Å². The Labute approximate surface area is 125 Å². The predicted molar refractivity (Wildman–Crippen MR) is 83.1 cm³/mol. The molecule has 2 unspecified atom stereocenters. The summed E-state index contributed by atoms with van der Waals surface area (Å²) >= 11 is 0. The molecule has 0 amide bonds. The van der Waals surface area contributed by atoms with Crippen LogP contribution >= 0.6 is 0 Å². The number of carboxylic acids is 1. The minimum Gasteiger partial charge on any atom is -0.475 e. The zero-order valence-corrected chi connectivity index (χ0v) is 12.7. The Hall–Kier alpha value is -2.02. The van der Waals surface area contributed by atoms with Crippen molar-refractivity contribution in [2.45, 2.75) is 19.4 Å². The molecule has 0 aliphatic carbocycles. The van der Waals surface area contributed by atoms with Gasteiger partial charge in [0.2, 0.25) is 5.82 Å². The van der Waals surface area contributed by atoms with Gasteiger partial charge in [0.05, 0.1) is 5.52 Å². The lowest BCUT2D eigenvalue weighted by atomic mass is 10.2. The fraction of sp³-hybridized carbons (Fsp3) is 0.357. The number of nitrogens with zero attached hydrogens (tertiary/aromatic N) is 2. The van der Waals surface area contributed by atoms with E-state index in [0.717, 1.165) is 5.39 Å². The van der Waals surface area contributed by atoms with E-state index < -0.39 is 16.8 Å². The Morgan fingerprint density at radius 1 is 1.38 bits per heavy atom. The molecule has 2 N–H and O–H groups in total. The summed E-state index contributed by atoms with van der Waals surface area (Å²) < 4.78 is 11.1. The van der Waals surface area contributed by atoms with E-state index in [1.54, 1.807) is 18.4 Å². The molecule has 21 heavy (non-hydrogen) atoms. The number of carbonyl (C=O) groups is 1. The van der Waals surface area contributed by atoms with Crippen molar-refractivity contribution in [1.29, 1.82) is 0 Å². The number of hydrogen-bond donors (Lipinski definition) is 2. The second-order valence-corrected chi connectivity index (χ2v) is 6.38. The van der Waals surface area contributed by atoms with Gasteiger partial charge in [-0.05, 0) is 25.5 Å². The average Bonchev–Trinajstić information content (AvgIpc) is 2.45. The van der Waals surface area contributed by atoms with Crippen molar-refractivity contribution in [1.82, 2.24) is 9.97 Å². The molecule has 1 heterocycles. The maximum absolute atomic E-state index is 11.1. The average molecular weight is 307 g/mol. The van der Waals surface area contributed by atoms with E-state index in [2.05, 4.69) is 15.3 Å². The third-order valence-corrected chi connectivity index (χ3v) is 3.83. The lowest BCUT2D eigenvalue weighted by Crippen LogP contribution is -2.20. The third kappa shape index (κ3) is 3.98. The van der Waals surface area contributed by atoms with Crippen LogP contribution < -0.4 is 5.32 Å². The molecule has 2 aromatic rings. The van der Waals surface area contributed by atoms with Crippen LogP contribution in [0.5, 0.6) is 0 Å². The van der Waals surface area contributed by atoms with Crippen molar-refractivity contribution in [2.75, 3.05) is 17.3 Å². The Kier molecular flexibility index (Phi) is 4.85. The first-order chi connectivity index (χ1) is 9.97. The monoisotopic (exact) mass is 307 g/mol. The van der Waals surface area contributed by atoms with Crippen LogP contribution in [0.1, 0.15) is 24.0 Å². The van der Waals surface area contributed by atoms with E-state index in [-0.39, 0.29) is 11.9 Å². The van der Waals surface area contributed by atoms with Gasteiger partial charge in [-0.15, -0.1) is 0 Å². The van der Waals surface area contributed by atoms with Gasteiger partial charge in [-0.3, -0.25) is 4.21 Å². The standard InChI is InChI=1S/C14H17N3O3S/c1-9(7-8-21(2)20)15-12-10-5-3-4-6-11(10)16-13(17-12)14(18)19/h3-6,9H,7-8H2,1-2H3,(H,18,19)(H,15,16,17). The SMILES string of the molecule is CC(CCS(C)=O)Nc1nc(C(=O)O)nc2ccccc12. The number of para-hydroxylation sites is 1. The van der Waals surface area contributed by atoms with E-state index in [0.29, 0.717) is 23.5 Å². The van der Waals surface area contributed by atoms with E-state index in [4.69, 9.17) is 5.11 Å². The zero-order valence-electron chi connectivity index (χ0n) is 11.9. The summed E-state index contributed by atoms with van der Waals surface area (Å²) in [4.78, 5) is 19.2. The van der Waals surface area contributed by atoms with Crippen molar-refractivity contribution in [3.8, 4) is 0 Å². The lowest BCUT2D eigenvalue weighted by Gasteiger charge is -2.15. The first-order valence-electron chi connectivity index (χ1n) is 6.54. The first-order valence-corrected chi connectivity index (χ1v) is 8.26. The number of nitrogens with one attached hydrogen (secondary N) is 1. The number of hydrogen-bond acceptors (Lipinski definition) is 5. The van der Waals surface area contributed by atoms with Gasteiger partial charge in [-0.1, -0.05) is 12.1 Å². The molecule has 6 nitrogen and oxygen atoms in total. The summed E-state index contributed by atoms with van der Waals surface area (Å²) in [5, 5.41) is 13.0. The third-order valence-electron chi connectivity index (χ3n) is 3.02. The van der Waals surface area contributed by atoms with E-state index in [1.165, 1.54) is 0 Å². The fourth-order valence-electron chi connectivity index (χ4n) is 1.93. The molecule has 0 fully saturated rings. The first kappa shape index (κ1) is 15.4. The van der Waals surface area contributed by atoms with Gasteiger partial charge in [0.25, 0.3) is 0 Å². The highest BCUT2D eigenvalue weighted by molar-refractivity contribution is 7.84. The topological polar surface area (TPSA) is 92.2 Å². The predicted octanol–water partition coefficient (Wildman–Crippen LogP) is 1.90. The van der Waals surface area contributed by atoms with Crippen molar-refractivity contribution >= 4 is 33.5 Å². The van der Waals surface area contributed by atoms with Crippen molar-refractivity contribution in [3.05, 3.63) is 30.1 Å². The summed E-state index contributed by atoms with van der Waals surface area (Å²) in [5.41, 5.74) is 0.582. The molecule has 0 aliphatic heterocycles. The van der Waals surface area contributed by atoms with Crippen LogP contribution in [0.2, 0.25) is 0 Å². The van der Waals surface area contributed by atoms with Crippen LogP contribution in [0.15, 0.2) is 24.3 Å². The highest BCUT2D eigenvalue weighted by atomic mass is 32.2. The molecule has 0 saturated heterocycles. The number of carboxylic acid groups (broad SMARTS) is 1. The highest BCUT2D eigenvalue weighted by Crippen LogP contribution is 2.21. The summed E-state index contributed by atoms with van der Waals surface area (Å²) in [5.74, 6) is -0.316. The summed E-state index contributed by atoms with van der Waals surface area (Å²) in [6.45, 7) is 1.95. The van der Waals surface area contributed by atoms with Crippen LogP contribution in [-0.2, 0) is 10.8 Å². The molecule has 0 bridgehead atoms. The Morgan fingerprint density at radius 3 is 2.76 bits per heavy atom. The molecule has 2 rings (SSSR count). The molecule has 0 saturated carbocycles. The molecular formula is C14H17N3O3S. The highest BCUT2D eigenvalue weighted by Gasteiger charge is 2.14. The molecule has 112 valence electrons. The van der Waals surface area contributed by atoms with Gasteiger partial charge in [0, 0.05) is 34.2 Å². The number of fused-ring (bicyclic) bond motifs is 1. The lowest BCUT2D eigenvalue weighted by molar-refractivity contribution is 0.0684. The number of aromatic nitrogens is 2. The minimum atomic E-state index is -1.16. The second kappa shape index (κ2) is 6.62. The maximum atomic E-state index is 11.1. The molecule has 0 aliphatic rings. The van der Waals surface area contributed by atoms with Gasteiger partial charge < -0.3 is 10.4 Å². The minimum absolute atomic E-state index is 0.0360. The number of anilines is 1. The Bertz CT molecular complexity index is 690. The van der Waals surface area contributed by atoms with E-state index in [9.17, 15) is 9.00 Å². The normalized spacial score (nSPS) is 13.8. The molecular weight excluding hydrogens is 290 g/mol. The Morgan fingerprint density at radius 2 is 2.10 bits per heavy atom. The summed E-state index contributed by atoms with van der Waals surface area (Å²) in [6.07, 6.45) is 2.37. The van der Waals surface area contributed by atoms with Gasteiger partial charge in [-0.2, -0.15) is 0 Å². The molecule has 1 aromatic heterocycles. The Balaban J connectivity index is 2.32. The smallest absolute Gasteiger partial charge is 0.374 e. The van der Waals surface area contributed by atoms with Crippen LogP contribution in [0.4, 0.5) is 5.82 Å². The van der Waals surface area contributed by atoms with Gasteiger partial charge in [0.15, 0.2) is 0 Å². The van der Waals surface area contributed by atoms with Crippen LogP contribution in [0, 0.1) is 0 Å². The van der Waals surface area contributed by atoms with Crippen LogP contribution in [0.3, 0.4) is 0 Å². The fourth-order valence-corrected chi connectivity index (χ4v) is 2.62. The largest absolute Gasteiger partial charge is 0.475 e. The second-order valence-electron chi connectivity index (χ2n) is 4.83. The summed E-state index contributed by atoms with van der Waals surface area (Å²) in [7, 11) is -0.850. The van der Waals surface area contributed by atoms with Gasteiger partial charge >= 0.3 is 5.97 Å². The molecule has 0 radical (unpaired) electrons.